The van der Waals surface area contributed by atoms with Crippen molar-refractivity contribution < 1.29 is 89.4 Å². The predicted molar refractivity (Wildman–Crippen MR) is 142 cm³/mol. The zero-order valence-electron chi connectivity index (χ0n) is 25.1. The zero-order chi connectivity index (χ0) is 34.9. The predicted octanol–water partition coefficient (Wildman–Crippen LogP) is 0.805. The minimum absolute atomic E-state index is 0.0142. The fourth-order valence-corrected chi connectivity index (χ4v) is 2.90. The number of rotatable bonds is 32. The van der Waals surface area contributed by atoms with Crippen molar-refractivity contribution in [3.63, 3.8) is 0 Å². The van der Waals surface area contributed by atoms with Crippen LogP contribution in [0, 0.1) is 11.3 Å². The van der Waals surface area contributed by atoms with Crippen LogP contribution in [-0.4, -0.2) is 156 Å². The summed E-state index contributed by atoms with van der Waals surface area (Å²) < 4.78 is 122. The first kappa shape index (κ1) is 44.3. The van der Waals surface area contributed by atoms with Crippen LogP contribution in [0.3, 0.4) is 0 Å². The molecule has 0 saturated heterocycles. The van der Waals surface area contributed by atoms with Crippen molar-refractivity contribution in [2.24, 2.45) is 0 Å². The molecule has 4 atom stereocenters. The molecule has 4 N–H and O–H groups in total. The smallest absolute Gasteiger partial charge is 0.388 e. The SMILES string of the molecule is C=CCOCC(O)COCC(O)COCCOCC(F)(F)OC(F)(F)OC(F)(F)COCC(O)COCC(O)COCCCC#N. The Morgan fingerprint density at radius 3 is 1.46 bits per heavy atom. The number of aliphatic hydroxyl groups is 4. The molecule has 0 spiro atoms. The van der Waals surface area contributed by atoms with Gasteiger partial charge in [-0.3, -0.25) is 0 Å². The van der Waals surface area contributed by atoms with Gasteiger partial charge in [0.1, 0.15) is 37.6 Å². The van der Waals surface area contributed by atoms with Gasteiger partial charge in [0.25, 0.3) is 0 Å². The van der Waals surface area contributed by atoms with E-state index in [4.69, 9.17) is 28.9 Å². The first-order valence-electron chi connectivity index (χ1n) is 13.9. The number of hydrogen-bond acceptors (Lipinski definition) is 14. The van der Waals surface area contributed by atoms with Gasteiger partial charge in [0.2, 0.25) is 0 Å². The van der Waals surface area contributed by atoms with Gasteiger partial charge >= 0.3 is 18.5 Å². The minimum atomic E-state index is -5.49. The first-order valence-corrected chi connectivity index (χ1v) is 13.9. The highest BCUT2D eigenvalue weighted by Gasteiger charge is 2.52. The van der Waals surface area contributed by atoms with E-state index in [2.05, 4.69) is 25.5 Å². The number of nitriles is 1. The lowest BCUT2D eigenvalue weighted by Gasteiger charge is -2.26. The molecule has 46 heavy (non-hydrogen) atoms. The summed E-state index contributed by atoms with van der Waals surface area (Å²) in [7, 11) is 0. The van der Waals surface area contributed by atoms with Crippen molar-refractivity contribution in [3.05, 3.63) is 12.7 Å². The van der Waals surface area contributed by atoms with E-state index in [1.54, 1.807) is 0 Å². The summed E-state index contributed by atoms with van der Waals surface area (Å²) in [5.41, 5.74) is 0. The number of aliphatic hydroxyl groups excluding tert-OH is 4. The maximum absolute atomic E-state index is 13.7. The Hall–Kier alpha value is -1.71. The van der Waals surface area contributed by atoms with Gasteiger partial charge in [0.15, 0.2) is 0 Å². The molecule has 0 aliphatic heterocycles. The van der Waals surface area contributed by atoms with Crippen molar-refractivity contribution in [1.82, 2.24) is 0 Å². The molecule has 0 bridgehead atoms. The summed E-state index contributed by atoms with van der Waals surface area (Å²) in [6.45, 7) is -3.20. The third-order valence-electron chi connectivity index (χ3n) is 4.74. The van der Waals surface area contributed by atoms with E-state index < -0.39 is 76.0 Å². The molecular weight excluding hydrogens is 648 g/mol. The molecule has 4 unspecified atom stereocenters. The van der Waals surface area contributed by atoms with Crippen LogP contribution >= 0.6 is 0 Å². The van der Waals surface area contributed by atoms with Crippen molar-refractivity contribution in [2.75, 3.05) is 92.5 Å². The summed E-state index contributed by atoms with van der Waals surface area (Å²) in [6.07, 6.45) is -17.6. The molecule has 0 aromatic carbocycles. The van der Waals surface area contributed by atoms with Crippen LogP contribution in [0.4, 0.5) is 26.3 Å². The maximum atomic E-state index is 13.7. The van der Waals surface area contributed by atoms with E-state index in [1.807, 2.05) is 6.07 Å². The molecule has 0 radical (unpaired) electrons. The molecule has 20 heteroatoms. The van der Waals surface area contributed by atoms with Gasteiger partial charge < -0.3 is 53.6 Å². The Balaban J connectivity index is 4.12. The Morgan fingerprint density at radius 2 is 0.978 bits per heavy atom. The average Bonchev–Trinajstić information content (AvgIpc) is 2.93. The standard InChI is InChI=1S/C26H43F6NO13/c1-2-6-38-10-20(34)13-42-15-22(36)12-40-8-9-41-18-24(27,28)45-26(31,32)46-25(29,30)19-44-17-23(37)16-43-14-21(35)11-39-7-4-3-5-33/h2,20-23,34-37H,1,3-4,6-19H2. The minimum Gasteiger partial charge on any atom is -0.388 e. The molecule has 272 valence electrons. The van der Waals surface area contributed by atoms with E-state index >= 15 is 0 Å². The van der Waals surface area contributed by atoms with E-state index in [0.717, 1.165) is 0 Å². The summed E-state index contributed by atoms with van der Waals surface area (Å²) in [5.74, 6) is 0. The molecule has 0 aromatic heterocycles. The molecule has 0 heterocycles. The van der Waals surface area contributed by atoms with Crippen molar-refractivity contribution >= 4 is 0 Å². The number of hydrogen-bond donors (Lipinski definition) is 4. The van der Waals surface area contributed by atoms with Gasteiger partial charge in [0, 0.05) is 13.0 Å². The van der Waals surface area contributed by atoms with Crippen LogP contribution in [-0.2, 0) is 42.6 Å². The second kappa shape index (κ2) is 25.3. The van der Waals surface area contributed by atoms with Gasteiger partial charge in [-0.1, -0.05) is 6.08 Å². The number of nitrogens with zero attached hydrogens (tertiary/aromatic N) is 1. The maximum Gasteiger partial charge on any atom is 0.495 e. The summed E-state index contributed by atoms with van der Waals surface area (Å²) in [5, 5.41) is 46.9. The molecule has 0 amide bonds. The quantitative estimate of drug-likeness (QED) is 0.0336. The molecule has 14 nitrogen and oxygen atoms in total. The first-order chi connectivity index (χ1) is 21.6. The van der Waals surface area contributed by atoms with Crippen LogP contribution in [0.2, 0.25) is 0 Å². The molecule has 0 saturated carbocycles. The topological polar surface area (TPSA) is 188 Å². The normalized spacial score (nSPS) is 15.3. The molecular formula is C26H43F6NO13. The highest BCUT2D eigenvalue weighted by atomic mass is 19.3. The van der Waals surface area contributed by atoms with E-state index in [-0.39, 0.29) is 65.9 Å². The van der Waals surface area contributed by atoms with Gasteiger partial charge in [-0.2, -0.15) is 22.8 Å². The Morgan fingerprint density at radius 1 is 0.587 bits per heavy atom. The molecule has 0 aliphatic carbocycles. The zero-order valence-corrected chi connectivity index (χ0v) is 25.1. The van der Waals surface area contributed by atoms with Crippen LogP contribution in [0.1, 0.15) is 12.8 Å². The summed E-state index contributed by atoms with van der Waals surface area (Å²) in [4.78, 5) is 0. The van der Waals surface area contributed by atoms with Crippen molar-refractivity contribution in [3.8, 4) is 6.07 Å². The molecule has 0 fully saturated rings. The number of alkyl halides is 6. The second-order valence-electron chi connectivity index (χ2n) is 9.44. The monoisotopic (exact) mass is 691 g/mol. The van der Waals surface area contributed by atoms with Crippen LogP contribution < -0.4 is 0 Å². The number of unbranched alkanes of at least 4 members (excludes halogenated alkanes) is 1. The Kier molecular flexibility index (Phi) is 24.4. The van der Waals surface area contributed by atoms with Gasteiger partial charge in [-0.05, 0) is 6.42 Å². The van der Waals surface area contributed by atoms with Crippen molar-refractivity contribution in [2.45, 2.75) is 55.8 Å². The fraction of sp³-hybridized carbons (Fsp3) is 0.885. The highest BCUT2D eigenvalue weighted by molar-refractivity contribution is 4.68. The highest BCUT2D eigenvalue weighted by Crippen LogP contribution is 2.33. The fourth-order valence-electron chi connectivity index (χ4n) is 2.90. The van der Waals surface area contributed by atoms with Gasteiger partial charge in [0.05, 0.1) is 78.7 Å². The lowest BCUT2D eigenvalue weighted by atomic mass is 10.3. The van der Waals surface area contributed by atoms with E-state index in [9.17, 15) is 46.8 Å². The summed E-state index contributed by atoms with van der Waals surface area (Å²) >= 11 is 0. The number of halogens is 6. The second-order valence-corrected chi connectivity index (χ2v) is 9.44. The lowest BCUT2D eigenvalue weighted by molar-refractivity contribution is -0.518. The van der Waals surface area contributed by atoms with Gasteiger partial charge in [-0.15, -0.1) is 15.4 Å². The Labute approximate surface area is 262 Å². The Bertz CT molecular complexity index is 813. The van der Waals surface area contributed by atoms with E-state index in [1.165, 1.54) is 6.08 Å². The molecule has 0 aliphatic rings. The average molecular weight is 692 g/mol. The van der Waals surface area contributed by atoms with Crippen LogP contribution in [0.5, 0.6) is 0 Å². The third-order valence-corrected chi connectivity index (χ3v) is 4.74. The van der Waals surface area contributed by atoms with E-state index in [0.29, 0.717) is 6.42 Å². The molecule has 0 rings (SSSR count). The number of ether oxygens (including phenoxy) is 9. The lowest BCUT2D eigenvalue weighted by Crippen LogP contribution is -2.44. The van der Waals surface area contributed by atoms with Crippen LogP contribution in [0.25, 0.3) is 0 Å². The van der Waals surface area contributed by atoms with Crippen LogP contribution in [0.15, 0.2) is 12.7 Å². The van der Waals surface area contributed by atoms with Gasteiger partial charge in [-0.25, -0.2) is 9.47 Å². The molecule has 0 aromatic rings. The largest absolute Gasteiger partial charge is 0.495 e. The summed E-state index contributed by atoms with van der Waals surface area (Å²) in [6, 6.07) is 1.91. The third kappa shape index (κ3) is 27.4. The van der Waals surface area contributed by atoms with Crippen molar-refractivity contribution in [1.29, 1.82) is 5.26 Å².